The van der Waals surface area contributed by atoms with Crippen LogP contribution in [0.3, 0.4) is 0 Å². The summed E-state index contributed by atoms with van der Waals surface area (Å²) in [5.41, 5.74) is -0.732. The van der Waals surface area contributed by atoms with Gasteiger partial charge in [-0.25, -0.2) is 18.0 Å². The lowest BCUT2D eigenvalue weighted by Crippen LogP contribution is -2.42. The van der Waals surface area contributed by atoms with Gasteiger partial charge in [0.05, 0.1) is 28.4 Å². The zero-order valence-electron chi connectivity index (χ0n) is 23.9. The summed E-state index contributed by atoms with van der Waals surface area (Å²) in [6.45, 7) is 6.67. The smallest absolute Gasteiger partial charge is 0.475 e. The highest BCUT2D eigenvalue weighted by atomic mass is 19.4. The Labute approximate surface area is 244 Å². The molecule has 3 heterocycles. The molecule has 0 radical (unpaired) electrons. The van der Waals surface area contributed by atoms with Crippen molar-refractivity contribution in [1.82, 2.24) is 20.1 Å². The van der Waals surface area contributed by atoms with E-state index in [-0.39, 0.29) is 22.7 Å². The van der Waals surface area contributed by atoms with E-state index in [4.69, 9.17) is 9.90 Å². The van der Waals surface area contributed by atoms with E-state index in [1.165, 1.54) is 18.2 Å². The molecule has 1 aromatic carbocycles. The molecule has 0 saturated carbocycles. The number of pyridine rings is 1. The lowest BCUT2D eigenvalue weighted by molar-refractivity contribution is -0.192. The molecule has 4 rings (SSSR count). The highest BCUT2D eigenvalue weighted by molar-refractivity contribution is 5.99. The number of nitrogens with zero attached hydrogens (tertiary/aromatic N) is 2. The minimum Gasteiger partial charge on any atom is -0.475 e. The molecule has 238 valence electrons. The number of carbonyl (C=O) groups excluding carboxylic acids is 1. The van der Waals surface area contributed by atoms with E-state index in [2.05, 4.69) is 27.9 Å². The molecule has 2 atom stereocenters. The number of anilines is 1. The Kier molecular flexibility index (Phi) is 10.9. The van der Waals surface area contributed by atoms with E-state index >= 15 is 0 Å². The Morgan fingerprint density at radius 1 is 1.16 bits per heavy atom. The number of benzene rings is 1. The summed E-state index contributed by atoms with van der Waals surface area (Å²) < 4.78 is 74.4. The number of carboxylic acid groups (broad SMARTS) is 1. The Morgan fingerprint density at radius 2 is 1.77 bits per heavy atom. The van der Waals surface area contributed by atoms with Crippen molar-refractivity contribution < 1.29 is 41.0 Å². The van der Waals surface area contributed by atoms with Crippen LogP contribution in [-0.4, -0.2) is 71.9 Å². The molecular formula is C28H35F6N5O4. The Morgan fingerprint density at radius 3 is 2.30 bits per heavy atom. The van der Waals surface area contributed by atoms with E-state index in [0.717, 1.165) is 45.0 Å². The van der Waals surface area contributed by atoms with Crippen molar-refractivity contribution in [3.05, 3.63) is 63.3 Å². The second-order valence-electron chi connectivity index (χ2n) is 11.0. The molecule has 0 spiro atoms. The first-order valence-electron chi connectivity index (χ1n) is 13.6. The Balaban J connectivity index is 0.000000646. The summed E-state index contributed by atoms with van der Waals surface area (Å²) in [4.78, 5) is 37.7. The van der Waals surface area contributed by atoms with Crippen LogP contribution in [0.15, 0.2) is 35.3 Å². The predicted molar refractivity (Wildman–Crippen MR) is 147 cm³/mol. The molecule has 2 unspecified atom stereocenters. The van der Waals surface area contributed by atoms with Gasteiger partial charge in [0.15, 0.2) is 0 Å². The maximum absolute atomic E-state index is 14.7. The summed E-state index contributed by atoms with van der Waals surface area (Å²) in [6.07, 6.45) is -4.00. The second kappa shape index (κ2) is 13.8. The van der Waals surface area contributed by atoms with Crippen molar-refractivity contribution in [2.45, 2.75) is 63.3 Å². The lowest BCUT2D eigenvalue weighted by atomic mass is 9.99. The third-order valence-electron chi connectivity index (χ3n) is 7.65. The number of carbonyl (C=O) groups is 2. The minimum atomic E-state index is -5.08. The zero-order valence-corrected chi connectivity index (χ0v) is 23.9. The molecular weight excluding hydrogens is 584 g/mol. The SMILES string of the molecule is CC(NC(=O)c1cn(C2(C)CCNC2)c(=O)cc1NC1CCN(C)CC1)c1cccc(C(F)F)c1F.O=C(O)C(F)(F)F. The van der Waals surface area contributed by atoms with Crippen LogP contribution in [0.2, 0.25) is 0 Å². The van der Waals surface area contributed by atoms with Crippen LogP contribution >= 0.6 is 0 Å². The van der Waals surface area contributed by atoms with Gasteiger partial charge in [0, 0.05) is 30.4 Å². The molecule has 4 N–H and O–H groups in total. The first kappa shape index (κ1) is 33.9. The number of piperidine rings is 1. The number of hydrogen-bond acceptors (Lipinski definition) is 6. The standard InChI is InChI=1S/C26H34F3N5O2.C2HF3O2/c1-16(18-5-4-6-19(23(18)27)24(28)29)31-25(36)20-14-34(26(2)9-10-30-15-26)22(35)13-21(20)32-17-7-11-33(3)12-8-17;3-2(4,5)1(6)7/h4-6,13-14,16-17,24,30,32H,7-12,15H2,1-3H3,(H,31,36);(H,6,7). The maximum Gasteiger partial charge on any atom is 0.490 e. The monoisotopic (exact) mass is 619 g/mol. The average molecular weight is 620 g/mol. The molecule has 43 heavy (non-hydrogen) atoms. The minimum absolute atomic E-state index is 0.0220. The molecule has 2 fully saturated rings. The maximum atomic E-state index is 14.7. The van der Waals surface area contributed by atoms with E-state index < -0.39 is 47.4 Å². The molecule has 1 aromatic heterocycles. The van der Waals surface area contributed by atoms with Crippen LogP contribution < -0.4 is 21.5 Å². The van der Waals surface area contributed by atoms with Crippen LogP contribution in [-0.2, 0) is 10.3 Å². The second-order valence-corrected chi connectivity index (χ2v) is 11.0. The molecule has 9 nitrogen and oxygen atoms in total. The number of nitrogens with one attached hydrogen (secondary N) is 3. The molecule has 0 bridgehead atoms. The third kappa shape index (κ3) is 8.50. The van der Waals surface area contributed by atoms with Crippen LogP contribution in [0.25, 0.3) is 0 Å². The molecule has 2 saturated heterocycles. The van der Waals surface area contributed by atoms with Gasteiger partial charge in [0.1, 0.15) is 5.82 Å². The van der Waals surface area contributed by atoms with E-state index in [1.807, 2.05) is 6.92 Å². The molecule has 2 aromatic rings. The Bertz CT molecular complexity index is 1350. The van der Waals surface area contributed by atoms with Gasteiger partial charge in [-0.05, 0) is 59.8 Å². The van der Waals surface area contributed by atoms with Gasteiger partial charge in [0.2, 0.25) is 0 Å². The van der Waals surface area contributed by atoms with Gasteiger partial charge in [-0.1, -0.05) is 18.2 Å². The molecule has 1 amide bonds. The van der Waals surface area contributed by atoms with Crippen LogP contribution in [0.1, 0.15) is 67.1 Å². The number of aromatic nitrogens is 1. The zero-order chi connectivity index (χ0) is 32.1. The summed E-state index contributed by atoms with van der Waals surface area (Å²) in [5, 5.41) is 16.5. The fraction of sp³-hybridized carbons (Fsp3) is 0.536. The number of alkyl halides is 5. The molecule has 0 aliphatic carbocycles. The van der Waals surface area contributed by atoms with Crippen molar-refractivity contribution in [2.24, 2.45) is 0 Å². The highest BCUT2D eigenvalue weighted by Crippen LogP contribution is 2.29. The van der Waals surface area contributed by atoms with E-state index in [1.54, 1.807) is 17.7 Å². The van der Waals surface area contributed by atoms with Crippen LogP contribution in [0.5, 0.6) is 0 Å². The normalized spacial score (nSPS) is 20.3. The van der Waals surface area contributed by atoms with E-state index in [9.17, 15) is 35.9 Å². The van der Waals surface area contributed by atoms with Gasteiger partial charge in [-0.15, -0.1) is 0 Å². The summed E-state index contributed by atoms with van der Waals surface area (Å²) in [6, 6.07) is 4.47. The van der Waals surface area contributed by atoms with Gasteiger partial charge in [-0.3, -0.25) is 9.59 Å². The van der Waals surface area contributed by atoms with Crippen molar-refractivity contribution in [3.8, 4) is 0 Å². The highest BCUT2D eigenvalue weighted by Gasteiger charge is 2.38. The molecule has 15 heteroatoms. The van der Waals surface area contributed by atoms with Crippen LogP contribution in [0, 0.1) is 5.82 Å². The number of amides is 1. The average Bonchev–Trinajstić information content (AvgIpc) is 3.36. The number of carboxylic acids is 1. The molecule has 2 aliphatic heterocycles. The third-order valence-corrected chi connectivity index (χ3v) is 7.65. The van der Waals surface area contributed by atoms with Gasteiger partial charge >= 0.3 is 12.1 Å². The van der Waals surface area contributed by atoms with Crippen molar-refractivity contribution in [1.29, 1.82) is 0 Å². The number of rotatable bonds is 7. The van der Waals surface area contributed by atoms with Crippen molar-refractivity contribution in [2.75, 3.05) is 38.5 Å². The fourth-order valence-electron chi connectivity index (χ4n) is 5.06. The first-order valence-corrected chi connectivity index (χ1v) is 13.6. The van der Waals surface area contributed by atoms with Crippen molar-refractivity contribution >= 4 is 17.6 Å². The first-order chi connectivity index (χ1) is 20.0. The number of likely N-dealkylation sites (tertiary alicyclic amines) is 1. The predicted octanol–water partition coefficient (Wildman–Crippen LogP) is 4.26. The largest absolute Gasteiger partial charge is 0.490 e. The number of hydrogen-bond donors (Lipinski definition) is 4. The summed E-state index contributed by atoms with van der Waals surface area (Å²) in [7, 11) is 2.05. The quantitative estimate of drug-likeness (QED) is 0.343. The fourth-order valence-corrected chi connectivity index (χ4v) is 5.06. The van der Waals surface area contributed by atoms with Gasteiger partial charge in [-0.2, -0.15) is 13.2 Å². The molecule has 2 aliphatic rings. The van der Waals surface area contributed by atoms with Gasteiger partial charge in [0.25, 0.3) is 17.9 Å². The van der Waals surface area contributed by atoms with Crippen molar-refractivity contribution in [3.63, 3.8) is 0 Å². The lowest BCUT2D eigenvalue weighted by Gasteiger charge is -2.32. The summed E-state index contributed by atoms with van der Waals surface area (Å²) in [5.74, 6) is -4.30. The summed E-state index contributed by atoms with van der Waals surface area (Å²) >= 11 is 0. The topological polar surface area (TPSA) is 116 Å². The van der Waals surface area contributed by atoms with E-state index in [0.29, 0.717) is 12.2 Å². The van der Waals surface area contributed by atoms with Crippen LogP contribution in [0.4, 0.5) is 32.0 Å². The number of aliphatic carboxylic acids is 1. The number of halogens is 6. The Hall–Kier alpha value is -3.59. The van der Waals surface area contributed by atoms with Gasteiger partial charge < -0.3 is 30.5 Å².